The van der Waals surface area contributed by atoms with E-state index < -0.39 is 5.54 Å². The number of rotatable bonds is 3. The standard InChI is InChI=1S/C20H17BrClN3O2/c1-12-7-15(22)9-16(8-12)24-18(27)20(2,25-17(26)11-23-19(24)25)10-13-3-5-14(21)6-4-13/h3-9H,10-11H2,1-2H3/t20-/m1/s1. The van der Waals surface area contributed by atoms with Crippen LogP contribution in [-0.2, 0) is 16.0 Å². The van der Waals surface area contributed by atoms with Gasteiger partial charge >= 0.3 is 0 Å². The molecule has 2 aromatic rings. The Labute approximate surface area is 170 Å². The van der Waals surface area contributed by atoms with Gasteiger partial charge in [-0.25, -0.2) is 9.89 Å². The van der Waals surface area contributed by atoms with E-state index in [1.807, 2.05) is 43.3 Å². The molecule has 0 aromatic heterocycles. The Morgan fingerprint density at radius 1 is 1.19 bits per heavy atom. The van der Waals surface area contributed by atoms with E-state index in [4.69, 9.17) is 11.6 Å². The second-order valence-corrected chi connectivity index (χ2v) is 8.40. The third kappa shape index (κ3) is 2.97. The molecule has 27 heavy (non-hydrogen) atoms. The predicted octanol–water partition coefficient (Wildman–Crippen LogP) is 3.96. The number of hydrogen-bond acceptors (Lipinski definition) is 3. The van der Waals surface area contributed by atoms with Crippen molar-refractivity contribution >= 4 is 51.0 Å². The number of benzene rings is 2. The molecule has 0 aliphatic carbocycles. The minimum absolute atomic E-state index is 0.0502. The van der Waals surface area contributed by atoms with Crippen LogP contribution in [-0.4, -0.2) is 34.8 Å². The highest BCUT2D eigenvalue weighted by atomic mass is 79.9. The largest absolute Gasteiger partial charge is 0.272 e. The van der Waals surface area contributed by atoms with Crippen molar-refractivity contribution in [2.45, 2.75) is 25.8 Å². The van der Waals surface area contributed by atoms with Crippen molar-refractivity contribution in [3.63, 3.8) is 0 Å². The van der Waals surface area contributed by atoms with E-state index in [1.165, 1.54) is 9.80 Å². The Kier molecular flexibility index (Phi) is 4.35. The van der Waals surface area contributed by atoms with Crippen LogP contribution in [0.4, 0.5) is 5.69 Å². The number of carbonyl (C=O) groups excluding carboxylic acids is 2. The summed E-state index contributed by atoms with van der Waals surface area (Å²) in [5, 5.41) is 0.538. The normalized spacial score (nSPS) is 21.7. The molecule has 5 nitrogen and oxygen atoms in total. The molecule has 2 aliphatic heterocycles. The average Bonchev–Trinajstić information content (AvgIpc) is 3.07. The second kappa shape index (κ2) is 6.46. The molecule has 4 rings (SSSR count). The number of amides is 2. The first-order valence-electron chi connectivity index (χ1n) is 8.53. The van der Waals surface area contributed by atoms with E-state index in [2.05, 4.69) is 20.9 Å². The van der Waals surface area contributed by atoms with Gasteiger partial charge in [0.1, 0.15) is 12.1 Å². The van der Waals surface area contributed by atoms with Gasteiger partial charge in [-0.3, -0.25) is 14.5 Å². The summed E-state index contributed by atoms with van der Waals surface area (Å²) >= 11 is 9.62. The molecule has 0 bridgehead atoms. The molecule has 2 amide bonds. The van der Waals surface area contributed by atoms with Gasteiger partial charge in [0, 0.05) is 15.9 Å². The van der Waals surface area contributed by atoms with E-state index in [1.54, 1.807) is 13.0 Å². The molecule has 7 heteroatoms. The Morgan fingerprint density at radius 3 is 2.56 bits per heavy atom. The summed E-state index contributed by atoms with van der Waals surface area (Å²) in [5.41, 5.74) is 1.50. The monoisotopic (exact) mass is 445 g/mol. The van der Waals surface area contributed by atoms with Crippen LogP contribution in [0.15, 0.2) is 51.9 Å². The molecule has 1 saturated heterocycles. The van der Waals surface area contributed by atoms with Crippen LogP contribution < -0.4 is 4.90 Å². The van der Waals surface area contributed by atoms with Gasteiger partial charge < -0.3 is 0 Å². The highest BCUT2D eigenvalue weighted by Crippen LogP contribution is 2.38. The SMILES string of the molecule is Cc1cc(Cl)cc(N2C(=O)[C@@](C)(Cc3ccc(Br)cc3)N3C(=O)CN=C23)c1. The first-order chi connectivity index (χ1) is 12.8. The predicted molar refractivity (Wildman–Crippen MR) is 109 cm³/mol. The maximum Gasteiger partial charge on any atom is 0.260 e. The molecule has 138 valence electrons. The molecule has 2 heterocycles. The van der Waals surface area contributed by atoms with E-state index >= 15 is 0 Å². The van der Waals surface area contributed by atoms with Gasteiger partial charge in [0.15, 0.2) is 0 Å². The molecule has 1 fully saturated rings. The Hall–Kier alpha value is -2.18. The maximum absolute atomic E-state index is 13.5. The van der Waals surface area contributed by atoms with Crippen LogP contribution in [0.2, 0.25) is 5.02 Å². The van der Waals surface area contributed by atoms with Crippen LogP contribution in [0.5, 0.6) is 0 Å². The maximum atomic E-state index is 13.5. The smallest absolute Gasteiger partial charge is 0.260 e. The third-order valence-electron chi connectivity index (χ3n) is 4.91. The Morgan fingerprint density at radius 2 is 1.89 bits per heavy atom. The van der Waals surface area contributed by atoms with Crippen LogP contribution in [0.1, 0.15) is 18.1 Å². The zero-order chi connectivity index (χ0) is 19.3. The number of aryl methyl sites for hydroxylation is 1. The van der Waals surface area contributed by atoms with Gasteiger partial charge in [-0.1, -0.05) is 39.7 Å². The zero-order valence-electron chi connectivity index (χ0n) is 14.9. The van der Waals surface area contributed by atoms with Gasteiger partial charge in [0.25, 0.3) is 11.8 Å². The van der Waals surface area contributed by atoms with Crippen LogP contribution >= 0.6 is 27.5 Å². The summed E-state index contributed by atoms with van der Waals surface area (Å²) in [4.78, 5) is 33.4. The summed E-state index contributed by atoms with van der Waals surface area (Å²) in [6, 6.07) is 13.2. The van der Waals surface area contributed by atoms with Crippen molar-refractivity contribution in [2.75, 3.05) is 11.4 Å². The molecule has 1 atom stereocenters. The molecule has 0 unspecified atom stereocenters. The number of carbonyl (C=O) groups is 2. The summed E-state index contributed by atoms with van der Waals surface area (Å²) in [7, 11) is 0. The molecule has 0 radical (unpaired) electrons. The highest BCUT2D eigenvalue weighted by Gasteiger charge is 2.57. The number of nitrogens with zero attached hydrogens (tertiary/aromatic N) is 3. The summed E-state index contributed by atoms with van der Waals surface area (Å²) in [5.74, 6) is 0.0318. The van der Waals surface area contributed by atoms with Crippen molar-refractivity contribution in [1.82, 2.24) is 4.90 Å². The van der Waals surface area contributed by atoms with E-state index in [-0.39, 0.29) is 18.4 Å². The van der Waals surface area contributed by atoms with Crippen LogP contribution in [0, 0.1) is 6.92 Å². The lowest BCUT2D eigenvalue weighted by atomic mass is 9.91. The van der Waals surface area contributed by atoms with Gasteiger partial charge in [-0.2, -0.15) is 0 Å². The summed E-state index contributed by atoms with van der Waals surface area (Å²) in [6.07, 6.45) is 0.403. The van der Waals surface area contributed by atoms with Gasteiger partial charge in [0.2, 0.25) is 5.96 Å². The van der Waals surface area contributed by atoms with Crippen molar-refractivity contribution in [1.29, 1.82) is 0 Å². The number of hydrogen-bond donors (Lipinski definition) is 0. The van der Waals surface area contributed by atoms with Crippen molar-refractivity contribution in [2.24, 2.45) is 4.99 Å². The van der Waals surface area contributed by atoms with Gasteiger partial charge in [0.05, 0.1) is 5.69 Å². The summed E-state index contributed by atoms with van der Waals surface area (Å²) < 4.78 is 0.963. The number of fused-ring (bicyclic) bond motifs is 1. The fraction of sp³-hybridized carbons (Fsp3) is 0.250. The number of halogens is 2. The number of anilines is 1. The van der Waals surface area contributed by atoms with Gasteiger partial charge in [-0.05, 0) is 55.3 Å². The van der Waals surface area contributed by atoms with E-state index in [0.29, 0.717) is 23.1 Å². The second-order valence-electron chi connectivity index (χ2n) is 7.05. The fourth-order valence-electron chi connectivity index (χ4n) is 3.72. The number of aliphatic imine (C=N–C) groups is 1. The zero-order valence-corrected chi connectivity index (χ0v) is 17.2. The summed E-state index contributed by atoms with van der Waals surface area (Å²) in [6.45, 7) is 3.76. The number of guanidine groups is 1. The molecule has 0 spiro atoms. The molecular weight excluding hydrogens is 430 g/mol. The molecule has 2 aliphatic rings. The molecule has 2 aromatic carbocycles. The minimum Gasteiger partial charge on any atom is -0.272 e. The quantitative estimate of drug-likeness (QED) is 0.717. The van der Waals surface area contributed by atoms with Crippen molar-refractivity contribution < 1.29 is 9.59 Å². The van der Waals surface area contributed by atoms with Crippen molar-refractivity contribution in [3.05, 3.63) is 63.1 Å². The minimum atomic E-state index is -1.03. The van der Waals surface area contributed by atoms with E-state index in [9.17, 15) is 9.59 Å². The van der Waals surface area contributed by atoms with Crippen molar-refractivity contribution in [3.8, 4) is 0 Å². The third-order valence-corrected chi connectivity index (χ3v) is 5.66. The molecular formula is C20H17BrClN3O2. The average molecular weight is 447 g/mol. The van der Waals surface area contributed by atoms with E-state index in [0.717, 1.165) is 15.6 Å². The Balaban J connectivity index is 1.79. The van der Waals surface area contributed by atoms with Gasteiger partial charge in [-0.15, -0.1) is 0 Å². The first kappa shape index (κ1) is 18.2. The van der Waals surface area contributed by atoms with Crippen LogP contribution in [0.25, 0.3) is 0 Å². The lowest BCUT2D eigenvalue weighted by Gasteiger charge is -2.29. The Bertz CT molecular complexity index is 969. The lowest BCUT2D eigenvalue weighted by Crippen LogP contribution is -2.50. The highest BCUT2D eigenvalue weighted by molar-refractivity contribution is 9.10. The van der Waals surface area contributed by atoms with Crippen LogP contribution in [0.3, 0.4) is 0 Å². The topological polar surface area (TPSA) is 53.0 Å². The first-order valence-corrected chi connectivity index (χ1v) is 9.70. The lowest BCUT2D eigenvalue weighted by molar-refractivity contribution is -0.135. The molecule has 0 N–H and O–H groups in total. The molecule has 0 saturated carbocycles. The fourth-order valence-corrected chi connectivity index (χ4v) is 4.27.